The molecule has 2 nitrogen and oxygen atoms in total. The molecule has 2 aliphatic heterocycles. The Morgan fingerprint density at radius 2 is 1.42 bits per heavy atom. The average molecular weight is 882 g/mol. The van der Waals surface area contributed by atoms with Crippen LogP contribution in [0.4, 0.5) is 11.4 Å². The zero-order chi connectivity index (χ0) is 34.2. The molecule has 1 aliphatic carbocycles. The van der Waals surface area contributed by atoms with E-state index >= 15 is 0 Å². The monoisotopic (exact) mass is 881 g/mol. The van der Waals surface area contributed by atoms with Crippen molar-refractivity contribution in [2.24, 2.45) is 0 Å². The van der Waals surface area contributed by atoms with Crippen LogP contribution in [0.15, 0.2) is 95.7 Å². The molecule has 0 bridgehead atoms. The number of rotatable bonds is 11. The molecule has 0 N–H and O–H groups in total. The van der Waals surface area contributed by atoms with E-state index in [-0.39, 0.29) is 10.8 Å². The van der Waals surface area contributed by atoms with Crippen molar-refractivity contribution in [3.63, 3.8) is 0 Å². The molecule has 3 aromatic rings. The molecule has 0 aromatic heterocycles. The molecule has 0 fully saturated rings. The number of fused-ring (bicyclic) bond motifs is 3. The molecular weight excluding hydrogens is 834 g/mol. The predicted octanol–water partition coefficient (Wildman–Crippen LogP) is 12.9. The first-order valence-electron chi connectivity index (χ1n) is 17.6. The summed E-state index contributed by atoms with van der Waals surface area (Å²) in [4.78, 5) is 2.56. The Morgan fingerprint density at radius 3 is 2.15 bits per heavy atom. The minimum Gasteiger partial charge on any atom is -0.344 e. The van der Waals surface area contributed by atoms with Crippen LogP contribution in [0.25, 0.3) is 11.1 Å². The van der Waals surface area contributed by atoms with Crippen molar-refractivity contribution in [3.05, 3.63) is 125 Å². The molecule has 48 heavy (non-hydrogen) atoms. The third kappa shape index (κ3) is 6.55. The molecule has 0 spiro atoms. The fraction of sp³-hybridized carbons (Fsp3) is 0.372. The molecule has 0 radical (unpaired) electrons. The van der Waals surface area contributed by atoms with Gasteiger partial charge in [-0.2, -0.15) is 4.58 Å². The van der Waals surface area contributed by atoms with E-state index < -0.39 is 0 Å². The van der Waals surface area contributed by atoms with Gasteiger partial charge in [-0.3, -0.25) is 0 Å². The maximum atomic E-state index is 7.41. The lowest BCUT2D eigenvalue weighted by atomic mass is 9.81. The topological polar surface area (TPSA) is 6.25 Å². The van der Waals surface area contributed by atoms with Crippen LogP contribution in [-0.4, -0.2) is 23.4 Å². The Balaban J connectivity index is 1.42. The van der Waals surface area contributed by atoms with Crippen LogP contribution in [0.1, 0.15) is 102 Å². The van der Waals surface area contributed by atoms with E-state index in [0.29, 0.717) is 0 Å². The van der Waals surface area contributed by atoms with Crippen LogP contribution >= 0.6 is 56.8 Å². The van der Waals surface area contributed by atoms with E-state index in [1.807, 2.05) is 0 Å². The zero-order valence-electron chi connectivity index (χ0n) is 29.3. The largest absolute Gasteiger partial charge is 0.344 e. The van der Waals surface area contributed by atoms with Gasteiger partial charge in [0.2, 0.25) is 5.69 Å². The van der Waals surface area contributed by atoms with Crippen LogP contribution in [-0.2, 0) is 10.8 Å². The molecule has 2 heterocycles. The second kappa shape index (κ2) is 14.6. The highest BCUT2D eigenvalue weighted by atomic mass is 127. The van der Waals surface area contributed by atoms with E-state index in [1.54, 1.807) is 0 Å². The van der Waals surface area contributed by atoms with Crippen LogP contribution in [0.3, 0.4) is 0 Å². The van der Waals surface area contributed by atoms with Crippen molar-refractivity contribution in [3.8, 4) is 0 Å². The van der Waals surface area contributed by atoms with Crippen molar-refractivity contribution in [2.75, 3.05) is 18.0 Å². The average Bonchev–Trinajstić information content (AvgIpc) is 3.53. The third-order valence-corrected chi connectivity index (χ3v) is 12.2. The standard InChI is InChI=1S/C43H48ClI2N2/c1-7-9-13-25-47-37-21-17-29(45)27-35(37)42(3,4)39(47)23-19-33-31-15-11-12-16-32(31)34(41(33)44)20-24-40-43(5,6)36-28-30(46)18-22-38(36)48(40)26-14-10-8-2/h11-12,15-24,27-28H,7-10,13-14,25-26H2,1-6H3/q+1. The number of hydrogen-bond acceptors (Lipinski definition) is 1. The van der Waals surface area contributed by atoms with Crippen molar-refractivity contribution >= 4 is 85.0 Å². The summed E-state index contributed by atoms with van der Waals surface area (Å²) in [6.45, 7) is 16.1. The van der Waals surface area contributed by atoms with Gasteiger partial charge in [0.15, 0.2) is 5.71 Å². The predicted molar refractivity (Wildman–Crippen MR) is 225 cm³/mol. The highest BCUT2D eigenvalue weighted by Crippen LogP contribution is 2.50. The molecule has 0 amide bonds. The summed E-state index contributed by atoms with van der Waals surface area (Å²) >= 11 is 12.3. The van der Waals surface area contributed by atoms with Gasteiger partial charge in [0.05, 0.1) is 10.4 Å². The summed E-state index contributed by atoms with van der Waals surface area (Å²) in [6.07, 6.45) is 16.5. The molecule has 6 rings (SSSR count). The maximum Gasteiger partial charge on any atom is 0.209 e. The van der Waals surface area contributed by atoms with Crippen molar-refractivity contribution < 1.29 is 4.58 Å². The fourth-order valence-corrected chi connectivity index (χ4v) is 9.11. The summed E-state index contributed by atoms with van der Waals surface area (Å²) in [7, 11) is 0. The number of allylic oxidation sites excluding steroid dienone is 8. The lowest BCUT2D eigenvalue weighted by Gasteiger charge is -2.27. The zero-order valence-corrected chi connectivity index (χ0v) is 34.3. The minimum atomic E-state index is -0.102. The third-order valence-electron chi connectivity index (χ3n) is 10.5. The molecule has 0 saturated carbocycles. The summed E-state index contributed by atoms with van der Waals surface area (Å²) in [6, 6.07) is 22.5. The Hall–Kier alpha value is -2.16. The molecular formula is C43H48ClI2N2+. The number of halogens is 3. The minimum absolute atomic E-state index is 0.102. The van der Waals surface area contributed by atoms with Gasteiger partial charge in [-0.1, -0.05) is 88.9 Å². The van der Waals surface area contributed by atoms with Crippen molar-refractivity contribution in [2.45, 2.75) is 90.9 Å². The first kappa shape index (κ1) is 35.7. The Morgan fingerprint density at radius 1 is 0.750 bits per heavy atom. The molecule has 3 aromatic carbocycles. The number of hydrogen-bond donors (Lipinski definition) is 0. The lowest BCUT2D eigenvalue weighted by molar-refractivity contribution is -0.438. The van der Waals surface area contributed by atoms with Gasteiger partial charge in [-0.25, -0.2) is 0 Å². The van der Waals surface area contributed by atoms with Gasteiger partial charge in [-0.05, 0) is 131 Å². The summed E-state index contributed by atoms with van der Waals surface area (Å²) in [5.41, 5.74) is 12.6. The smallest absolute Gasteiger partial charge is 0.209 e. The van der Waals surface area contributed by atoms with Crippen LogP contribution in [0, 0.1) is 7.14 Å². The molecule has 0 saturated heterocycles. The van der Waals surface area contributed by atoms with Crippen molar-refractivity contribution in [1.82, 2.24) is 0 Å². The van der Waals surface area contributed by atoms with E-state index in [0.717, 1.165) is 29.3 Å². The second-order valence-electron chi connectivity index (χ2n) is 14.4. The molecule has 3 aliphatic rings. The van der Waals surface area contributed by atoms with Gasteiger partial charge >= 0.3 is 0 Å². The van der Waals surface area contributed by atoms with Crippen LogP contribution < -0.4 is 4.90 Å². The highest BCUT2D eigenvalue weighted by molar-refractivity contribution is 14.1. The SMILES string of the molecule is CCCCCN1/C(=C/C=C2C(Cl)=C(/C=C/C3=[N+](CCCCC)c4ccc(I)cc4C3(C)C)c3ccccc3/2)C(C)(C)c2cc(I)ccc21. The first-order chi connectivity index (χ1) is 23.0. The molecule has 0 atom stereocenters. The lowest BCUT2D eigenvalue weighted by Crippen LogP contribution is -2.28. The van der Waals surface area contributed by atoms with E-state index in [2.05, 4.69) is 181 Å². The number of anilines is 1. The highest BCUT2D eigenvalue weighted by Gasteiger charge is 2.44. The van der Waals surface area contributed by atoms with E-state index in [1.165, 1.54) is 90.7 Å². The van der Waals surface area contributed by atoms with E-state index in [9.17, 15) is 0 Å². The van der Waals surface area contributed by atoms with E-state index in [4.69, 9.17) is 11.6 Å². The summed E-state index contributed by atoms with van der Waals surface area (Å²) < 4.78 is 5.12. The first-order valence-corrected chi connectivity index (χ1v) is 20.2. The quantitative estimate of drug-likeness (QED) is 0.106. The maximum absolute atomic E-state index is 7.41. The van der Waals surface area contributed by atoms with Gasteiger partial charge in [0, 0.05) is 65.8 Å². The van der Waals surface area contributed by atoms with Gasteiger partial charge in [0.1, 0.15) is 6.54 Å². The Labute approximate surface area is 321 Å². The summed E-state index contributed by atoms with van der Waals surface area (Å²) in [5, 5.41) is 0.825. The number of unbranched alkanes of at least 4 members (excludes halogenated alkanes) is 4. The molecule has 5 heteroatoms. The molecule has 250 valence electrons. The van der Waals surface area contributed by atoms with Crippen LogP contribution in [0.5, 0.6) is 0 Å². The fourth-order valence-electron chi connectivity index (χ4n) is 7.80. The Bertz CT molecular complexity index is 1890. The Kier molecular flexibility index (Phi) is 10.8. The number of benzene rings is 3. The second-order valence-corrected chi connectivity index (χ2v) is 17.3. The normalized spacial score (nSPS) is 19.3. The van der Waals surface area contributed by atoms with Gasteiger partial charge < -0.3 is 4.90 Å². The van der Waals surface area contributed by atoms with Crippen molar-refractivity contribution in [1.29, 1.82) is 0 Å². The van der Waals surface area contributed by atoms with Crippen LogP contribution in [0.2, 0.25) is 0 Å². The van der Waals surface area contributed by atoms with Gasteiger partial charge in [0.25, 0.3) is 0 Å². The van der Waals surface area contributed by atoms with Gasteiger partial charge in [-0.15, -0.1) is 0 Å². The summed E-state index contributed by atoms with van der Waals surface area (Å²) in [5.74, 6) is 0. The molecule has 0 unspecified atom stereocenters. The number of nitrogens with zero attached hydrogens (tertiary/aromatic N) is 2.